The first-order valence-electron chi connectivity index (χ1n) is 6.71. The standard InChI is InChI=1S/C14H22N4/c1-3-11(6-8-15)4-5-14-17-12-7-9-16-10-13(12)18(14)2/h7,9-11H,3-6,8,15H2,1-2H3. The first kappa shape index (κ1) is 13.0. The fraction of sp³-hybridized carbons (Fsp3) is 0.571. The van der Waals surface area contributed by atoms with Crippen LogP contribution in [0, 0.1) is 5.92 Å². The lowest BCUT2D eigenvalue weighted by atomic mass is 9.96. The van der Waals surface area contributed by atoms with Gasteiger partial charge in [-0.15, -0.1) is 0 Å². The Morgan fingerprint density at radius 2 is 2.22 bits per heavy atom. The van der Waals surface area contributed by atoms with Gasteiger partial charge in [-0.25, -0.2) is 4.98 Å². The van der Waals surface area contributed by atoms with Crippen LogP contribution in [0.3, 0.4) is 0 Å². The summed E-state index contributed by atoms with van der Waals surface area (Å²) in [7, 11) is 2.07. The Labute approximate surface area is 108 Å². The van der Waals surface area contributed by atoms with E-state index in [9.17, 15) is 0 Å². The maximum absolute atomic E-state index is 5.64. The molecule has 0 saturated carbocycles. The molecule has 2 heterocycles. The number of hydrogen-bond donors (Lipinski definition) is 1. The average Bonchev–Trinajstić information content (AvgIpc) is 2.72. The Bertz CT molecular complexity index is 503. The number of aromatic nitrogens is 3. The summed E-state index contributed by atoms with van der Waals surface area (Å²) < 4.78 is 2.15. The van der Waals surface area contributed by atoms with E-state index in [1.54, 1.807) is 6.20 Å². The molecule has 0 spiro atoms. The van der Waals surface area contributed by atoms with E-state index < -0.39 is 0 Å². The Morgan fingerprint density at radius 3 is 2.89 bits per heavy atom. The van der Waals surface area contributed by atoms with Crippen LogP contribution in [0.4, 0.5) is 0 Å². The molecule has 2 N–H and O–H groups in total. The Hall–Kier alpha value is -1.42. The molecule has 1 atom stereocenters. The molecule has 0 aliphatic rings. The monoisotopic (exact) mass is 246 g/mol. The number of imidazole rings is 1. The van der Waals surface area contributed by atoms with E-state index in [0.717, 1.165) is 42.7 Å². The molecule has 0 saturated heterocycles. The summed E-state index contributed by atoms with van der Waals surface area (Å²) in [6, 6.07) is 1.97. The molecule has 0 aliphatic carbocycles. The molecule has 0 amide bonds. The molecule has 2 aromatic heterocycles. The summed E-state index contributed by atoms with van der Waals surface area (Å²) in [5.74, 6) is 1.86. The molecular formula is C14H22N4. The van der Waals surface area contributed by atoms with Crippen molar-refractivity contribution in [2.24, 2.45) is 18.7 Å². The van der Waals surface area contributed by atoms with Gasteiger partial charge in [0, 0.05) is 19.7 Å². The zero-order chi connectivity index (χ0) is 13.0. The fourth-order valence-electron chi connectivity index (χ4n) is 2.43. The van der Waals surface area contributed by atoms with Crippen molar-refractivity contribution >= 4 is 11.0 Å². The van der Waals surface area contributed by atoms with Crippen molar-refractivity contribution < 1.29 is 0 Å². The van der Waals surface area contributed by atoms with Gasteiger partial charge in [0.1, 0.15) is 5.82 Å². The summed E-state index contributed by atoms with van der Waals surface area (Å²) in [6.45, 7) is 3.02. The van der Waals surface area contributed by atoms with Crippen LogP contribution in [0.15, 0.2) is 18.5 Å². The van der Waals surface area contributed by atoms with Crippen LogP contribution in [0.5, 0.6) is 0 Å². The van der Waals surface area contributed by atoms with Gasteiger partial charge >= 0.3 is 0 Å². The summed E-state index contributed by atoms with van der Waals surface area (Å²) in [5.41, 5.74) is 7.78. The van der Waals surface area contributed by atoms with Gasteiger partial charge in [-0.1, -0.05) is 13.3 Å². The number of nitrogens with two attached hydrogens (primary N) is 1. The zero-order valence-corrected chi connectivity index (χ0v) is 11.3. The van der Waals surface area contributed by atoms with Crippen molar-refractivity contribution in [3.05, 3.63) is 24.3 Å². The summed E-state index contributed by atoms with van der Waals surface area (Å²) in [4.78, 5) is 8.82. The lowest BCUT2D eigenvalue weighted by molar-refractivity contribution is 0.437. The second-order valence-electron chi connectivity index (χ2n) is 4.84. The fourth-order valence-corrected chi connectivity index (χ4v) is 2.43. The highest BCUT2D eigenvalue weighted by atomic mass is 15.1. The maximum Gasteiger partial charge on any atom is 0.109 e. The summed E-state index contributed by atoms with van der Waals surface area (Å²) >= 11 is 0. The van der Waals surface area contributed by atoms with Gasteiger partial charge in [-0.05, 0) is 31.4 Å². The topological polar surface area (TPSA) is 56.7 Å². The minimum Gasteiger partial charge on any atom is -0.330 e. The third-order valence-corrected chi connectivity index (χ3v) is 3.70. The molecule has 1 unspecified atom stereocenters. The number of rotatable bonds is 6. The lowest BCUT2D eigenvalue weighted by Crippen LogP contribution is -2.10. The molecule has 0 aliphatic heterocycles. The second kappa shape index (κ2) is 5.96. The van der Waals surface area contributed by atoms with Gasteiger partial charge in [0.2, 0.25) is 0 Å². The molecular weight excluding hydrogens is 224 g/mol. The molecule has 0 aromatic carbocycles. The van der Waals surface area contributed by atoms with Crippen molar-refractivity contribution in [3.8, 4) is 0 Å². The molecule has 0 fully saturated rings. The van der Waals surface area contributed by atoms with Crippen molar-refractivity contribution in [3.63, 3.8) is 0 Å². The normalized spacial score (nSPS) is 13.1. The van der Waals surface area contributed by atoms with Gasteiger partial charge in [0.05, 0.1) is 17.2 Å². The number of pyridine rings is 1. The van der Waals surface area contributed by atoms with Crippen LogP contribution < -0.4 is 5.73 Å². The van der Waals surface area contributed by atoms with E-state index >= 15 is 0 Å². The highest BCUT2D eigenvalue weighted by Gasteiger charge is 2.10. The molecule has 2 aromatic rings. The first-order valence-corrected chi connectivity index (χ1v) is 6.71. The predicted octanol–water partition coefficient (Wildman–Crippen LogP) is 2.28. The Morgan fingerprint density at radius 1 is 1.39 bits per heavy atom. The van der Waals surface area contributed by atoms with Crippen molar-refractivity contribution in [1.82, 2.24) is 14.5 Å². The van der Waals surface area contributed by atoms with E-state index in [1.165, 1.54) is 6.42 Å². The average molecular weight is 246 g/mol. The molecule has 98 valence electrons. The molecule has 4 heteroatoms. The summed E-state index contributed by atoms with van der Waals surface area (Å²) in [5, 5.41) is 0. The van der Waals surface area contributed by atoms with Crippen LogP contribution in [-0.4, -0.2) is 21.1 Å². The third-order valence-electron chi connectivity index (χ3n) is 3.70. The molecule has 0 bridgehead atoms. The number of fused-ring (bicyclic) bond motifs is 1. The molecule has 4 nitrogen and oxygen atoms in total. The van der Waals surface area contributed by atoms with Crippen LogP contribution in [0.25, 0.3) is 11.0 Å². The van der Waals surface area contributed by atoms with Gasteiger partial charge in [-0.2, -0.15) is 0 Å². The Balaban J connectivity index is 2.09. The van der Waals surface area contributed by atoms with E-state index in [1.807, 2.05) is 12.3 Å². The van der Waals surface area contributed by atoms with Crippen molar-refractivity contribution in [2.75, 3.05) is 6.54 Å². The van der Waals surface area contributed by atoms with Gasteiger partial charge in [0.25, 0.3) is 0 Å². The number of nitrogens with zero attached hydrogens (tertiary/aromatic N) is 3. The molecule has 0 radical (unpaired) electrons. The highest BCUT2D eigenvalue weighted by molar-refractivity contribution is 5.74. The van der Waals surface area contributed by atoms with E-state index in [4.69, 9.17) is 5.73 Å². The minimum absolute atomic E-state index is 0.716. The highest BCUT2D eigenvalue weighted by Crippen LogP contribution is 2.18. The quantitative estimate of drug-likeness (QED) is 0.850. The molecule has 18 heavy (non-hydrogen) atoms. The SMILES string of the molecule is CCC(CCN)CCc1nc2ccncc2n1C. The van der Waals surface area contributed by atoms with Crippen molar-refractivity contribution in [2.45, 2.75) is 32.6 Å². The third kappa shape index (κ3) is 2.70. The van der Waals surface area contributed by atoms with Crippen LogP contribution in [-0.2, 0) is 13.5 Å². The van der Waals surface area contributed by atoms with Crippen LogP contribution in [0.1, 0.15) is 32.0 Å². The van der Waals surface area contributed by atoms with Crippen molar-refractivity contribution in [1.29, 1.82) is 0 Å². The van der Waals surface area contributed by atoms with E-state index in [-0.39, 0.29) is 0 Å². The van der Waals surface area contributed by atoms with Crippen LogP contribution in [0.2, 0.25) is 0 Å². The minimum atomic E-state index is 0.716. The number of aryl methyl sites for hydroxylation is 2. The first-order chi connectivity index (χ1) is 8.76. The Kier molecular flexibility index (Phi) is 4.31. The van der Waals surface area contributed by atoms with Gasteiger partial charge in [0.15, 0.2) is 0 Å². The second-order valence-corrected chi connectivity index (χ2v) is 4.84. The van der Waals surface area contributed by atoms with Crippen LogP contribution >= 0.6 is 0 Å². The summed E-state index contributed by atoms with van der Waals surface area (Å²) in [6.07, 6.45) is 8.16. The molecule has 2 rings (SSSR count). The van der Waals surface area contributed by atoms with E-state index in [0.29, 0.717) is 5.92 Å². The number of hydrogen-bond acceptors (Lipinski definition) is 3. The lowest BCUT2D eigenvalue weighted by Gasteiger charge is -2.12. The van der Waals surface area contributed by atoms with Gasteiger partial charge < -0.3 is 10.3 Å². The smallest absolute Gasteiger partial charge is 0.109 e. The largest absolute Gasteiger partial charge is 0.330 e. The maximum atomic E-state index is 5.64. The zero-order valence-electron chi connectivity index (χ0n) is 11.3. The van der Waals surface area contributed by atoms with Gasteiger partial charge in [-0.3, -0.25) is 4.98 Å². The predicted molar refractivity (Wildman–Crippen MR) is 74.3 cm³/mol. The van der Waals surface area contributed by atoms with E-state index in [2.05, 4.69) is 28.5 Å².